The molecule has 38 heavy (non-hydrogen) atoms. The van der Waals surface area contributed by atoms with Gasteiger partial charge in [-0.1, -0.05) is 42.5 Å². The number of benzene rings is 2. The van der Waals surface area contributed by atoms with Crippen LogP contribution in [0.25, 0.3) is 0 Å². The topological polar surface area (TPSA) is 68.3 Å². The van der Waals surface area contributed by atoms with Gasteiger partial charge in [0, 0.05) is 24.6 Å². The summed E-state index contributed by atoms with van der Waals surface area (Å²) in [5.41, 5.74) is 2.05. The monoisotopic (exact) mass is 534 g/mol. The molecule has 2 amide bonds. The van der Waals surface area contributed by atoms with Gasteiger partial charge in [-0.15, -0.1) is 11.3 Å². The van der Waals surface area contributed by atoms with E-state index in [0.29, 0.717) is 37.8 Å². The van der Waals surface area contributed by atoms with E-state index in [2.05, 4.69) is 11.4 Å². The number of carbonyl (C=O) groups is 2. The number of para-hydroxylation sites is 2. The number of rotatable bonds is 10. The van der Waals surface area contributed by atoms with Crippen molar-refractivity contribution in [3.8, 4) is 11.5 Å². The van der Waals surface area contributed by atoms with Crippen molar-refractivity contribution < 1.29 is 23.8 Å². The molecule has 200 valence electrons. The predicted molar refractivity (Wildman–Crippen MR) is 147 cm³/mol. The average Bonchev–Trinajstić information content (AvgIpc) is 3.64. The molecule has 0 aliphatic carbocycles. The van der Waals surface area contributed by atoms with Gasteiger partial charge in [0.05, 0.1) is 32.2 Å². The van der Waals surface area contributed by atoms with Crippen molar-refractivity contribution >= 4 is 23.2 Å². The van der Waals surface area contributed by atoms with E-state index in [4.69, 9.17) is 14.2 Å². The maximum absolute atomic E-state index is 13.8. The third kappa shape index (κ3) is 6.19. The number of hydrogen-bond donors (Lipinski definition) is 0. The van der Waals surface area contributed by atoms with E-state index in [1.54, 1.807) is 23.3 Å². The highest BCUT2D eigenvalue weighted by atomic mass is 32.1. The van der Waals surface area contributed by atoms with Crippen LogP contribution in [0.5, 0.6) is 11.5 Å². The summed E-state index contributed by atoms with van der Waals surface area (Å²) in [5, 5.41) is 2.07. The highest BCUT2D eigenvalue weighted by Gasteiger charge is 2.34. The number of thiophene rings is 1. The number of amides is 2. The zero-order valence-corrected chi connectivity index (χ0v) is 22.5. The van der Waals surface area contributed by atoms with Crippen LogP contribution in [0.4, 0.5) is 0 Å². The quantitative estimate of drug-likeness (QED) is 0.383. The van der Waals surface area contributed by atoms with Crippen molar-refractivity contribution in [2.24, 2.45) is 0 Å². The molecule has 8 heteroatoms. The van der Waals surface area contributed by atoms with E-state index >= 15 is 0 Å². The SMILES string of the molecule is COc1ccccc1OCC1c2ccsc2CCN1C(=O)CN(CC1CCCO1)C(=O)Cc1ccccc1. The summed E-state index contributed by atoms with van der Waals surface area (Å²) >= 11 is 1.71. The van der Waals surface area contributed by atoms with Gasteiger partial charge in [0.1, 0.15) is 6.61 Å². The minimum atomic E-state index is -0.240. The fourth-order valence-electron chi connectivity index (χ4n) is 5.21. The molecular weight excluding hydrogens is 500 g/mol. The average molecular weight is 535 g/mol. The van der Waals surface area contributed by atoms with E-state index < -0.39 is 0 Å². The first-order valence-electron chi connectivity index (χ1n) is 13.2. The molecule has 1 fully saturated rings. The van der Waals surface area contributed by atoms with Gasteiger partial charge in [0.2, 0.25) is 11.8 Å². The van der Waals surface area contributed by atoms with Crippen LogP contribution in [-0.2, 0) is 27.2 Å². The standard InChI is InChI=1S/C30H34N2O5S/c1-35-26-11-5-6-12-27(26)37-21-25-24-14-17-38-28(24)13-15-32(25)30(34)20-31(19-23-10-7-16-36-23)29(33)18-22-8-3-2-4-9-22/h2-6,8-9,11-12,14,17,23,25H,7,10,13,15-16,18-21H2,1H3. The maximum atomic E-state index is 13.8. The first-order chi connectivity index (χ1) is 18.6. The second-order valence-corrected chi connectivity index (χ2v) is 10.7. The van der Waals surface area contributed by atoms with E-state index in [0.717, 1.165) is 30.4 Å². The Labute approximate surface area is 227 Å². The Hall–Kier alpha value is -3.36. The Balaban J connectivity index is 1.33. The van der Waals surface area contributed by atoms with Gasteiger partial charge in [-0.05, 0) is 54.0 Å². The Kier molecular flexibility index (Phi) is 8.61. The van der Waals surface area contributed by atoms with Crippen molar-refractivity contribution in [1.82, 2.24) is 9.80 Å². The Morgan fingerprint density at radius 1 is 1.08 bits per heavy atom. The lowest BCUT2D eigenvalue weighted by Crippen LogP contribution is -2.49. The predicted octanol–water partition coefficient (Wildman–Crippen LogP) is 4.51. The van der Waals surface area contributed by atoms with E-state index in [1.807, 2.05) is 59.5 Å². The van der Waals surface area contributed by atoms with Crippen molar-refractivity contribution in [3.63, 3.8) is 0 Å². The maximum Gasteiger partial charge on any atom is 0.242 e. The summed E-state index contributed by atoms with van der Waals surface area (Å²) < 4.78 is 17.5. The summed E-state index contributed by atoms with van der Waals surface area (Å²) in [6, 6.07) is 19.0. The van der Waals surface area contributed by atoms with Crippen LogP contribution in [-0.4, -0.2) is 67.7 Å². The molecule has 0 bridgehead atoms. The molecule has 2 aromatic carbocycles. The molecule has 7 nitrogen and oxygen atoms in total. The molecule has 3 heterocycles. The fourth-order valence-corrected chi connectivity index (χ4v) is 6.13. The third-order valence-electron chi connectivity index (χ3n) is 7.21. The van der Waals surface area contributed by atoms with Gasteiger partial charge in [-0.25, -0.2) is 0 Å². The second kappa shape index (κ2) is 12.5. The zero-order chi connectivity index (χ0) is 26.3. The molecule has 0 radical (unpaired) electrons. The normalized spacial score (nSPS) is 18.6. The molecule has 2 unspecified atom stereocenters. The highest BCUT2D eigenvalue weighted by molar-refractivity contribution is 7.10. The van der Waals surface area contributed by atoms with Crippen LogP contribution in [0, 0.1) is 0 Å². The molecule has 0 spiro atoms. The number of nitrogens with zero attached hydrogens (tertiary/aromatic N) is 2. The molecule has 0 saturated carbocycles. The lowest BCUT2D eigenvalue weighted by molar-refractivity contribution is -0.143. The smallest absolute Gasteiger partial charge is 0.242 e. The minimum Gasteiger partial charge on any atom is -0.493 e. The lowest BCUT2D eigenvalue weighted by Gasteiger charge is -2.37. The molecule has 2 aliphatic rings. The minimum absolute atomic E-state index is 0.0240. The molecule has 2 aliphatic heterocycles. The summed E-state index contributed by atoms with van der Waals surface area (Å²) in [7, 11) is 1.62. The summed E-state index contributed by atoms with van der Waals surface area (Å²) in [6.07, 6.45) is 2.91. The second-order valence-electron chi connectivity index (χ2n) is 9.69. The first kappa shape index (κ1) is 26.3. The molecule has 5 rings (SSSR count). The van der Waals surface area contributed by atoms with E-state index in [1.165, 1.54) is 4.88 Å². The molecule has 1 saturated heterocycles. The van der Waals surface area contributed by atoms with Crippen LogP contribution in [0.2, 0.25) is 0 Å². The molecule has 0 N–H and O–H groups in total. The van der Waals surface area contributed by atoms with Gasteiger partial charge in [-0.2, -0.15) is 0 Å². The van der Waals surface area contributed by atoms with E-state index in [-0.39, 0.29) is 36.9 Å². The Morgan fingerprint density at radius 2 is 1.87 bits per heavy atom. The molecule has 1 aromatic heterocycles. The highest BCUT2D eigenvalue weighted by Crippen LogP contribution is 2.35. The Bertz CT molecular complexity index is 1220. The molecular formula is C30H34N2O5S. The van der Waals surface area contributed by atoms with Gasteiger partial charge < -0.3 is 24.0 Å². The fraction of sp³-hybridized carbons (Fsp3) is 0.400. The van der Waals surface area contributed by atoms with Crippen LogP contribution < -0.4 is 9.47 Å². The molecule has 2 atom stereocenters. The summed E-state index contributed by atoms with van der Waals surface area (Å²) in [4.78, 5) is 32.1. The van der Waals surface area contributed by atoms with Gasteiger partial charge in [0.15, 0.2) is 11.5 Å². The van der Waals surface area contributed by atoms with Crippen LogP contribution in [0.15, 0.2) is 66.0 Å². The summed E-state index contributed by atoms with van der Waals surface area (Å²) in [6.45, 7) is 2.05. The van der Waals surface area contributed by atoms with Crippen molar-refractivity contribution in [1.29, 1.82) is 0 Å². The Morgan fingerprint density at radius 3 is 2.63 bits per heavy atom. The van der Waals surface area contributed by atoms with Crippen molar-refractivity contribution in [2.45, 2.75) is 37.8 Å². The number of fused-ring (bicyclic) bond motifs is 1. The molecule has 3 aromatic rings. The number of carbonyl (C=O) groups excluding carboxylic acids is 2. The van der Waals surface area contributed by atoms with Crippen LogP contribution in [0.1, 0.15) is 34.9 Å². The summed E-state index contributed by atoms with van der Waals surface area (Å²) in [5.74, 6) is 1.16. The van der Waals surface area contributed by atoms with Crippen LogP contribution in [0.3, 0.4) is 0 Å². The number of methoxy groups -OCH3 is 1. The van der Waals surface area contributed by atoms with Crippen LogP contribution >= 0.6 is 11.3 Å². The van der Waals surface area contributed by atoms with Gasteiger partial charge in [-0.3, -0.25) is 9.59 Å². The zero-order valence-electron chi connectivity index (χ0n) is 21.7. The van der Waals surface area contributed by atoms with Crippen molar-refractivity contribution in [2.75, 3.05) is 40.0 Å². The van der Waals surface area contributed by atoms with Gasteiger partial charge in [0.25, 0.3) is 0 Å². The number of ether oxygens (including phenoxy) is 3. The largest absolute Gasteiger partial charge is 0.493 e. The van der Waals surface area contributed by atoms with E-state index in [9.17, 15) is 9.59 Å². The first-order valence-corrected chi connectivity index (χ1v) is 14.0. The van der Waals surface area contributed by atoms with Crippen molar-refractivity contribution in [3.05, 3.63) is 82.0 Å². The third-order valence-corrected chi connectivity index (χ3v) is 8.20. The lowest BCUT2D eigenvalue weighted by atomic mass is 10.00. The number of hydrogen-bond acceptors (Lipinski definition) is 6. The van der Waals surface area contributed by atoms with Gasteiger partial charge >= 0.3 is 0 Å².